The predicted molar refractivity (Wildman–Crippen MR) is 80.1 cm³/mol. The Kier molecular flexibility index (Phi) is 5.31. The van der Waals surface area contributed by atoms with Gasteiger partial charge in [0.1, 0.15) is 11.9 Å². The van der Waals surface area contributed by atoms with Crippen molar-refractivity contribution in [2.24, 2.45) is 0 Å². The first-order chi connectivity index (χ1) is 10.9. The highest BCUT2D eigenvalue weighted by Crippen LogP contribution is 2.28. The molecule has 0 spiro atoms. The van der Waals surface area contributed by atoms with Crippen LogP contribution in [0.2, 0.25) is 0 Å². The lowest BCUT2D eigenvalue weighted by Gasteiger charge is -2.26. The van der Waals surface area contributed by atoms with Crippen molar-refractivity contribution < 1.29 is 23.9 Å². The van der Waals surface area contributed by atoms with Crippen LogP contribution in [0.3, 0.4) is 0 Å². The molecule has 1 aromatic carbocycles. The van der Waals surface area contributed by atoms with Crippen LogP contribution in [-0.2, 0) is 20.8 Å². The number of halogens is 1. The van der Waals surface area contributed by atoms with E-state index in [1.807, 2.05) is 0 Å². The van der Waals surface area contributed by atoms with Crippen LogP contribution in [0.25, 0.3) is 0 Å². The average Bonchev–Trinajstić information content (AvgIpc) is 3.30. The average molecular weight is 322 g/mol. The monoisotopic (exact) mass is 322 g/mol. The molecule has 1 aliphatic rings. The highest BCUT2D eigenvalue weighted by molar-refractivity contribution is 5.88. The van der Waals surface area contributed by atoms with Gasteiger partial charge in [-0.15, -0.1) is 0 Å². The maximum Gasteiger partial charge on any atom is 0.326 e. The van der Waals surface area contributed by atoms with Gasteiger partial charge in [0.25, 0.3) is 0 Å². The number of carbonyl (C=O) groups excluding carboxylic acids is 2. The number of aliphatic carboxylic acids is 1. The molecule has 0 saturated heterocycles. The number of hydrogen-bond acceptors (Lipinski definition) is 3. The zero-order chi connectivity index (χ0) is 17.0. The van der Waals surface area contributed by atoms with Crippen molar-refractivity contribution in [1.82, 2.24) is 10.2 Å². The maximum atomic E-state index is 13.0. The number of rotatable bonds is 7. The van der Waals surface area contributed by atoms with Gasteiger partial charge in [0, 0.05) is 6.04 Å². The van der Waals surface area contributed by atoms with E-state index < -0.39 is 29.6 Å². The molecule has 0 aliphatic heterocycles. The summed E-state index contributed by atoms with van der Waals surface area (Å²) in [5.74, 6) is -2.34. The first-order valence-electron chi connectivity index (χ1n) is 7.43. The van der Waals surface area contributed by atoms with E-state index in [9.17, 15) is 18.8 Å². The maximum absolute atomic E-state index is 13.0. The largest absolute Gasteiger partial charge is 0.480 e. The Morgan fingerprint density at radius 2 is 2.09 bits per heavy atom. The summed E-state index contributed by atoms with van der Waals surface area (Å²) >= 11 is 0. The molecule has 0 bridgehead atoms. The van der Waals surface area contributed by atoms with Crippen molar-refractivity contribution in [2.45, 2.75) is 38.3 Å². The van der Waals surface area contributed by atoms with Crippen LogP contribution in [-0.4, -0.2) is 46.4 Å². The fourth-order valence-electron chi connectivity index (χ4n) is 2.37. The van der Waals surface area contributed by atoms with Crippen molar-refractivity contribution in [2.75, 3.05) is 6.54 Å². The fourth-order valence-corrected chi connectivity index (χ4v) is 2.37. The van der Waals surface area contributed by atoms with Crippen molar-refractivity contribution in [1.29, 1.82) is 0 Å². The molecule has 2 amide bonds. The fraction of sp³-hybridized carbons (Fsp3) is 0.438. The normalized spacial score (nSPS) is 14.9. The predicted octanol–water partition coefficient (Wildman–Crippen LogP) is 0.948. The molecule has 7 heteroatoms. The standard InChI is InChI=1S/C16H19FN2O4/c1-10(16(22)23)19(13-5-6-13)15(21)9-18-14(20)8-11-3-2-4-12(17)7-11/h2-4,7,10,13H,5-6,8-9H2,1H3,(H,18,20)(H,22,23). The van der Waals surface area contributed by atoms with E-state index in [1.54, 1.807) is 6.07 Å². The lowest BCUT2D eigenvalue weighted by molar-refractivity contribution is -0.149. The second-order valence-corrected chi connectivity index (χ2v) is 5.63. The number of nitrogens with one attached hydrogen (secondary N) is 1. The second-order valence-electron chi connectivity index (χ2n) is 5.63. The Labute approximate surface area is 133 Å². The molecule has 0 radical (unpaired) electrons. The second kappa shape index (κ2) is 7.21. The van der Waals surface area contributed by atoms with Crippen molar-refractivity contribution in [3.8, 4) is 0 Å². The Morgan fingerprint density at radius 1 is 1.39 bits per heavy atom. The zero-order valence-corrected chi connectivity index (χ0v) is 12.8. The van der Waals surface area contributed by atoms with Crippen molar-refractivity contribution in [3.05, 3.63) is 35.6 Å². The molecule has 0 heterocycles. The van der Waals surface area contributed by atoms with E-state index in [2.05, 4.69) is 5.32 Å². The first kappa shape index (κ1) is 16.9. The van der Waals surface area contributed by atoms with E-state index in [1.165, 1.54) is 30.0 Å². The van der Waals surface area contributed by atoms with Gasteiger partial charge >= 0.3 is 5.97 Å². The van der Waals surface area contributed by atoms with Gasteiger partial charge in [-0.1, -0.05) is 12.1 Å². The van der Waals surface area contributed by atoms with E-state index >= 15 is 0 Å². The highest BCUT2D eigenvalue weighted by Gasteiger charge is 2.38. The van der Waals surface area contributed by atoms with E-state index in [0.29, 0.717) is 5.56 Å². The third-order valence-corrected chi connectivity index (χ3v) is 3.69. The number of nitrogens with zero attached hydrogens (tertiary/aromatic N) is 1. The van der Waals surface area contributed by atoms with E-state index in [-0.39, 0.29) is 19.0 Å². The van der Waals surface area contributed by atoms with Gasteiger partial charge in [-0.05, 0) is 37.5 Å². The summed E-state index contributed by atoms with van der Waals surface area (Å²) < 4.78 is 13.0. The van der Waals surface area contributed by atoms with Gasteiger partial charge < -0.3 is 15.3 Å². The number of benzene rings is 1. The molecule has 1 atom stereocenters. The van der Waals surface area contributed by atoms with Crippen molar-refractivity contribution in [3.63, 3.8) is 0 Å². The third kappa shape index (κ3) is 4.77. The summed E-state index contributed by atoms with van der Waals surface area (Å²) in [4.78, 5) is 36.4. The summed E-state index contributed by atoms with van der Waals surface area (Å²) in [6, 6.07) is 4.68. The molecule has 6 nitrogen and oxygen atoms in total. The van der Waals surface area contributed by atoms with Crippen molar-refractivity contribution >= 4 is 17.8 Å². The summed E-state index contributed by atoms with van der Waals surface area (Å²) in [5.41, 5.74) is 0.507. The molecule has 1 saturated carbocycles. The van der Waals surface area contributed by atoms with Gasteiger partial charge in [0.2, 0.25) is 11.8 Å². The van der Waals surface area contributed by atoms with Crippen LogP contribution >= 0.6 is 0 Å². The van der Waals surface area contributed by atoms with Crippen LogP contribution in [0.1, 0.15) is 25.3 Å². The number of hydrogen-bond donors (Lipinski definition) is 2. The van der Waals surface area contributed by atoms with Crippen LogP contribution in [0.4, 0.5) is 4.39 Å². The van der Waals surface area contributed by atoms with E-state index in [0.717, 1.165) is 12.8 Å². The summed E-state index contributed by atoms with van der Waals surface area (Å²) in [6.45, 7) is 1.19. The van der Waals surface area contributed by atoms with Crippen LogP contribution in [0.15, 0.2) is 24.3 Å². The lowest BCUT2D eigenvalue weighted by Crippen LogP contribution is -2.48. The van der Waals surface area contributed by atoms with Gasteiger partial charge in [-0.3, -0.25) is 9.59 Å². The molecule has 1 unspecified atom stereocenters. The van der Waals surface area contributed by atoms with Gasteiger partial charge in [-0.25, -0.2) is 9.18 Å². The molecule has 2 rings (SSSR count). The van der Waals surface area contributed by atoms with Gasteiger partial charge in [0.05, 0.1) is 13.0 Å². The van der Waals surface area contributed by atoms with Crippen LogP contribution in [0.5, 0.6) is 0 Å². The minimum Gasteiger partial charge on any atom is -0.480 e. The lowest BCUT2D eigenvalue weighted by atomic mass is 10.1. The molecule has 1 fully saturated rings. The Morgan fingerprint density at radius 3 is 2.65 bits per heavy atom. The highest BCUT2D eigenvalue weighted by atomic mass is 19.1. The molecule has 2 N–H and O–H groups in total. The molecule has 124 valence electrons. The minimum absolute atomic E-state index is 0.0387. The summed E-state index contributed by atoms with van der Waals surface area (Å²) in [5, 5.41) is 11.5. The number of carbonyl (C=O) groups is 3. The molecule has 1 aromatic rings. The Bertz CT molecular complexity index is 616. The number of carboxylic acids is 1. The van der Waals surface area contributed by atoms with E-state index in [4.69, 9.17) is 5.11 Å². The molecular formula is C16H19FN2O4. The van der Waals surface area contributed by atoms with Gasteiger partial charge in [-0.2, -0.15) is 0 Å². The number of amides is 2. The smallest absolute Gasteiger partial charge is 0.326 e. The Hall–Kier alpha value is -2.44. The minimum atomic E-state index is -1.07. The molecule has 0 aromatic heterocycles. The number of carboxylic acid groups (broad SMARTS) is 1. The van der Waals surface area contributed by atoms with Crippen LogP contribution in [0, 0.1) is 5.82 Å². The summed E-state index contributed by atoms with van der Waals surface area (Å²) in [6.07, 6.45) is 1.52. The van der Waals surface area contributed by atoms with Gasteiger partial charge in [0.15, 0.2) is 0 Å². The quantitative estimate of drug-likeness (QED) is 0.782. The zero-order valence-electron chi connectivity index (χ0n) is 12.8. The molecular weight excluding hydrogens is 303 g/mol. The van der Waals surface area contributed by atoms with Crippen LogP contribution < -0.4 is 5.32 Å². The summed E-state index contributed by atoms with van der Waals surface area (Å²) in [7, 11) is 0. The molecule has 1 aliphatic carbocycles. The molecule has 23 heavy (non-hydrogen) atoms. The topological polar surface area (TPSA) is 86.7 Å². The SMILES string of the molecule is CC(C(=O)O)N(C(=O)CNC(=O)Cc1cccc(F)c1)C1CC1. The third-order valence-electron chi connectivity index (χ3n) is 3.69. The first-order valence-corrected chi connectivity index (χ1v) is 7.43. The Balaban J connectivity index is 1.87.